The topological polar surface area (TPSA) is 72.9 Å². The van der Waals surface area contributed by atoms with E-state index in [4.69, 9.17) is 5.73 Å². The van der Waals surface area contributed by atoms with Crippen molar-refractivity contribution in [2.75, 3.05) is 17.2 Å². The van der Waals surface area contributed by atoms with Crippen LogP contribution in [0, 0.1) is 0 Å². The summed E-state index contributed by atoms with van der Waals surface area (Å²) in [6.45, 7) is 2.55. The summed E-state index contributed by atoms with van der Waals surface area (Å²) in [5, 5.41) is 7.97. The van der Waals surface area contributed by atoms with Gasteiger partial charge in [0, 0.05) is 19.3 Å². The van der Waals surface area contributed by atoms with Crippen LogP contribution >= 0.6 is 0 Å². The molecule has 0 unspecified atom stereocenters. The van der Waals surface area contributed by atoms with Crippen LogP contribution in [0.4, 0.5) is 11.4 Å². The lowest BCUT2D eigenvalue weighted by atomic mass is 10.2. The van der Waals surface area contributed by atoms with E-state index in [1.165, 1.54) is 0 Å². The first-order valence-corrected chi connectivity index (χ1v) is 5.16. The van der Waals surface area contributed by atoms with Gasteiger partial charge in [-0.3, -0.25) is 4.98 Å². The molecule has 1 aliphatic heterocycles. The first-order chi connectivity index (χ1) is 7.84. The fourth-order valence-corrected chi connectivity index (χ4v) is 1.96. The van der Waals surface area contributed by atoms with Gasteiger partial charge in [-0.2, -0.15) is 0 Å². The van der Waals surface area contributed by atoms with Gasteiger partial charge < -0.3 is 15.2 Å². The largest absolute Gasteiger partial charge is 0.396 e. The molecule has 2 aromatic rings. The number of nitrogens with two attached hydrogens (primary N) is 1. The van der Waals surface area contributed by atoms with Crippen LogP contribution in [0.25, 0.3) is 0 Å². The van der Waals surface area contributed by atoms with Crippen molar-refractivity contribution in [3.63, 3.8) is 0 Å². The van der Waals surface area contributed by atoms with Crippen LogP contribution in [0.3, 0.4) is 0 Å². The van der Waals surface area contributed by atoms with Crippen molar-refractivity contribution in [1.29, 1.82) is 0 Å². The first kappa shape index (κ1) is 9.14. The van der Waals surface area contributed by atoms with E-state index < -0.39 is 0 Å². The molecule has 6 nitrogen and oxygen atoms in total. The Balaban J connectivity index is 1.92. The maximum absolute atomic E-state index is 5.90. The maximum atomic E-state index is 5.90. The molecule has 0 atom stereocenters. The Hall–Kier alpha value is -2.11. The highest BCUT2D eigenvalue weighted by molar-refractivity contribution is 5.66. The minimum absolute atomic E-state index is 0.704. The van der Waals surface area contributed by atoms with Gasteiger partial charge in [0.1, 0.15) is 6.33 Å². The van der Waals surface area contributed by atoms with Gasteiger partial charge in [0.05, 0.1) is 24.1 Å². The number of hydrogen-bond acceptors (Lipinski definition) is 5. The highest BCUT2D eigenvalue weighted by atomic mass is 15.3. The summed E-state index contributed by atoms with van der Waals surface area (Å²) in [5.74, 6) is 0.975. The molecular formula is C10H12N6. The third-order valence-corrected chi connectivity index (χ3v) is 2.81. The van der Waals surface area contributed by atoms with E-state index in [2.05, 4.69) is 24.6 Å². The molecule has 1 aliphatic rings. The Labute approximate surface area is 92.7 Å². The smallest absolute Gasteiger partial charge is 0.152 e. The van der Waals surface area contributed by atoms with Gasteiger partial charge in [-0.25, -0.2) is 0 Å². The Bertz CT molecular complexity index is 506. The molecule has 2 aromatic heterocycles. The average Bonchev–Trinajstić information content (AvgIpc) is 2.76. The second kappa shape index (κ2) is 3.48. The van der Waals surface area contributed by atoms with E-state index in [0.717, 1.165) is 31.1 Å². The fourth-order valence-electron chi connectivity index (χ4n) is 1.96. The molecule has 82 valence electrons. The molecular weight excluding hydrogens is 204 g/mol. The Morgan fingerprint density at radius 2 is 2.25 bits per heavy atom. The van der Waals surface area contributed by atoms with Crippen LogP contribution in [0.1, 0.15) is 5.82 Å². The molecule has 0 fully saturated rings. The summed E-state index contributed by atoms with van der Waals surface area (Å²) < 4.78 is 2.06. The first-order valence-electron chi connectivity index (χ1n) is 5.16. The SMILES string of the molecule is Nc1cnccc1N1CCn2cnnc2C1. The van der Waals surface area contributed by atoms with E-state index in [-0.39, 0.29) is 0 Å². The quantitative estimate of drug-likeness (QED) is 0.741. The highest BCUT2D eigenvalue weighted by Crippen LogP contribution is 2.24. The van der Waals surface area contributed by atoms with Crippen molar-refractivity contribution in [3.8, 4) is 0 Å². The lowest BCUT2D eigenvalue weighted by Gasteiger charge is -2.29. The molecule has 16 heavy (non-hydrogen) atoms. The predicted molar refractivity (Wildman–Crippen MR) is 59.7 cm³/mol. The van der Waals surface area contributed by atoms with Crippen molar-refractivity contribution < 1.29 is 0 Å². The van der Waals surface area contributed by atoms with E-state index in [1.807, 2.05) is 6.07 Å². The minimum Gasteiger partial charge on any atom is -0.396 e. The van der Waals surface area contributed by atoms with Gasteiger partial charge in [-0.05, 0) is 6.07 Å². The lowest BCUT2D eigenvalue weighted by Crippen LogP contribution is -2.34. The molecule has 2 N–H and O–H groups in total. The third kappa shape index (κ3) is 1.39. The Morgan fingerprint density at radius 3 is 3.12 bits per heavy atom. The predicted octanol–water partition coefficient (Wildman–Crippen LogP) is 0.276. The van der Waals surface area contributed by atoms with Crippen molar-refractivity contribution in [2.45, 2.75) is 13.1 Å². The standard InChI is InChI=1S/C10H12N6/c11-8-5-12-2-1-9(8)15-3-4-16-7-13-14-10(16)6-15/h1-2,5,7H,3-4,6,11H2. The maximum Gasteiger partial charge on any atom is 0.152 e. The zero-order chi connectivity index (χ0) is 11.0. The van der Waals surface area contributed by atoms with Crippen LogP contribution in [0.5, 0.6) is 0 Å². The normalized spacial score (nSPS) is 14.9. The molecule has 0 saturated carbocycles. The molecule has 6 heteroatoms. The highest BCUT2D eigenvalue weighted by Gasteiger charge is 2.18. The summed E-state index contributed by atoms with van der Waals surface area (Å²) in [6, 6.07) is 1.93. The summed E-state index contributed by atoms with van der Waals surface area (Å²) in [7, 11) is 0. The average molecular weight is 216 g/mol. The zero-order valence-corrected chi connectivity index (χ0v) is 8.74. The van der Waals surface area contributed by atoms with Gasteiger partial charge >= 0.3 is 0 Å². The van der Waals surface area contributed by atoms with Gasteiger partial charge in [0.15, 0.2) is 5.82 Å². The van der Waals surface area contributed by atoms with Crippen LogP contribution in [0.15, 0.2) is 24.8 Å². The molecule has 0 saturated heterocycles. The fraction of sp³-hybridized carbons (Fsp3) is 0.300. The molecule has 0 spiro atoms. The monoisotopic (exact) mass is 216 g/mol. The molecule has 0 radical (unpaired) electrons. The number of fused-ring (bicyclic) bond motifs is 1. The molecule has 0 amide bonds. The summed E-state index contributed by atoms with van der Waals surface area (Å²) in [6.07, 6.45) is 5.20. The summed E-state index contributed by atoms with van der Waals surface area (Å²) in [5.41, 5.74) is 7.62. The number of aromatic nitrogens is 4. The number of hydrogen-bond donors (Lipinski definition) is 1. The van der Waals surface area contributed by atoms with Crippen LogP contribution in [-0.4, -0.2) is 26.3 Å². The van der Waals surface area contributed by atoms with Crippen molar-refractivity contribution in [2.24, 2.45) is 0 Å². The number of nitrogens with zero attached hydrogens (tertiary/aromatic N) is 5. The molecule has 3 heterocycles. The number of pyridine rings is 1. The van der Waals surface area contributed by atoms with Crippen LogP contribution in [0.2, 0.25) is 0 Å². The van der Waals surface area contributed by atoms with E-state index >= 15 is 0 Å². The molecule has 0 bridgehead atoms. The van der Waals surface area contributed by atoms with Crippen LogP contribution in [-0.2, 0) is 13.1 Å². The Morgan fingerprint density at radius 1 is 1.31 bits per heavy atom. The van der Waals surface area contributed by atoms with Crippen LogP contribution < -0.4 is 10.6 Å². The minimum atomic E-state index is 0.704. The molecule has 3 rings (SSSR count). The second-order valence-corrected chi connectivity index (χ2v) is 3.80. The second-order valence-electron chi connectivity index (χ2n) is 3.80. The van der Waals surface area contributed by atoms with Crippen molar-refractivity contribution in [3.05, 3.63) is 30.6 Å². The Kier molecular flexibility index (Phi) is 1.99. The number of nitrogen functional groups attached to an aromatic ring is 1. The summed E-state index contributed by atoms with van der Waals surface area (Å²) in [4.78, 5) is 6.18. The van der Waals surface area contributed by atoms with Gasteiger partial charge in [0.25, 0.3) is 0 Å². The lowest BCUT2D eigenvalue weighted by molar-refractivity contribution is 0.560. The van der Waals surface area contributed by atoms with E-state index in [1.54, 1.807) is 18.7 Å². The van der Waals surface area contributed by atoms with E-state index in [9.17, 15) is 0 Å². The molecule has 0 aromatic carbocycles. The van der Waals surface area contributed by atoms with Gasteiger partial charge in [0.2, 0.25) is 0 Å². The third-order valence-electron chi connectivity index (χ3n) is 2.81. The zero-order valence-electron chi connectivity index (χ0n) is 8.74. The van der Waals surface area contributed by atoms with Gasteiger partial charge in [-0.1, -0.05) is 0 Å². The molecule has 0 aliphatic carbocycles. The van der Waals surface area contributed by atoms with E-state index in [0.29, 0.717) is 5.69 Å². The van der Waals surface area contributed by atoms with Crippen molar-refractivity contribution >= 4 is 11.4 Å². The number of anilines is 2. The number of rotatable bonds is 1. The van der Waals surface area contributed by atoms with Gasteiger partial charge in [-0.15, -0.1) is 10.2 Å². The van der Waals surface area contributed by atoms with Crippen molar-refractivity contribution in [1.82, 2.24) is 19.7 Å². The summed E-state index contributed by atoms with van der Waals surface area (Å²) >= 11 is 0.